The highest BCUT2D eigenvalue weighted by Gasteiger charge is 1.98. The molecule has 0 aliphatic rings. The van der Waals surface area contributed by atoms with E-state index in [1.165, 1.54) is 0 Å². The van der Waals surface area contributed by atoms with Crippen molar-refractivity contribution in [3.05, 3.63) is 46.5 Å². The number of aliphatic hydroxyl groups excluding tert-OH is 1. The normalized spacial score (nSPS) is 9.83. The lowest BCUT2D eigenvalue weighted by molar-refractivity contribution is 0.281. The Hall–Kier alpha value is -0.600. The first-order valence-electron chi connectivity index (χ1n) is 3.77. The fourth-order valence-corrected chi connectivity index (χ4v) is 1.45. The molecule has 1 rings (SSSR count). The summed E-state index contributed by atoms with van der Waals surface area (Å²) in [5.41, 5.74) is 2.10. The molecule has 0 fully saturated rings. The zero-order valence-corrected chi connectivity index (χ0v) is 8.34. The van der Waals surface area contributed by atoms with Crippen LogP contribution in [-0.2, 0) is 13.0 Å². The highest BCUT2D eigenvalue weighted by Crippen LogP contribution is 2.19. The van der Waals surface area contributed by atoms with Gasteiger partial charge in [0.2, 0.25) is 0 Å². The van der Waals surface area contributed by atoms with E-state index >= 15 is 0 Å². The maximum atomic E-state index is 8.88. The number of hydrogen-bond donors (Lipinski definition) is 1. The lowest BCUT2D eigenvalue weighted by atomic mass is 10.1. The van der Waals surface area contributed by atoms with Crippen molar-refractivity contribution in [1.82, 2.24) is 0 Å². The van der Waals surface area contributed by atoms with Gasteiger partial charge in [-0.3, -0.25) is 0 Å². The van der Waals surface area contributed by atoms with Crippen LogP contribution in [0.4, 0.5) is 0 Å². The van der Waals surface area contributed by atoms with E-state index in [-0.39, 0.29) is 6.61 Å². The number of halogens is 1. The molecule has 0 atom stereocenters. The predicted octanol–water partition coefficient (Wildman–Crippen LogP) is 2.67. The standard InChI is InChI=1S/C10H11BrO/c1-2-3-9-6-8(7-12)4-5-10(9)11/h2,4-6,12H,1,3,7H2. The lowest BCUT2D eigenvalue weighted by Crippen LogP contribution is -1.88. The molecular weight excluding hydrogens is 216 g/mol. The number of hydrogen-bond acceptors (Lipinski definition) is 1. The summed E-state index contributed by atoms with van der Waals surface area (Å²) in [4.78, 5) is 0. The summed E-state index contributed by atoms with van der Waals surface area (Å²) in [7, 11) is 0. The van der Waals surface area contributed by atoms with Crippen LogP contribution in [0.1, 0.15) is 11.1 Å². The molecule has 0 aromatic heterocycles. The Balaban J connectivity index is 2.99. The Labute approximate surface area is 80.9 Å². The maximum Gasteiger partial charge on any atom is 0.0681 e. The maximum absolute atomic E-state index is 8.88. The quantitative estimate of drug-likeness (QED) is 0.787. The molecule has 1 aromatic rings. The molecule has 0 aliphatic carbocycles. The molecule has 12 heavy (non-hydrogen) atoms. The van der Waals surface area contributed by atoms with Crippen LogP contribution in [0.2, 0.25) is 0 Å². The first-order chi connectivity index (χ1) is 5.77. The van der Waals surface area contributed by atoms with Crippen LogP contribution in [0, 0.1) is 0 Å². The van der Waals surface area contributed by atoms with Gasteiger partial charge in [0.1, 0.15) is 0 Å². The molecule has 0 radical (unpaired) electrons. The second-order valence-electron chi connectivity index (χ2n) is 2.58. The summed E-state index contributed by atoms with van der Waals surface area (Å²) in [6.45, 7) is 3.76. The van der Waals surface area contributed by atoms with Crippen molar-refractivity contribution in [2.24, 2.45) is 0 Å². The minimum absolute atomic E-state index is 0.0947. The molecule has 2 heteroatoms. The Morgan fingerprint density at radius 1 is 1.50 bits per heavy atom. The third kappa shape index (κ3) is 2.19. The summed E-state index contributed by atoms with van der Waals surface area (Å²) in [6.07, 6.45) is 2.68. The van der Waals surface area contributed by atoms with E-state index < -0.39 is 0 Å². The van der Waals surface area contributed by atoms with Gasteiger partial charge in [0.15, 0.2) is 0 Å². The van der Waals surface area contributed by atoms with Crippen molar-refractivity contribution in [2.75, 3.05) is 0 Å². The molecule has 1 nitrogen and oxygen atoms in total. The van der Waals surface area contributed by atoms with Gasteiger partial charge in [0.25, 0.3) is 0 Å². The van der Waals surface area contributed by atoms with E-state index in [4.69, 9.17) is 5.11 Å². The minimum atomic E-state index is 0.0947. The Kier molecular flexibility index (Phi) is 3.50. The third-order valence-electron chi connectivity index (χ3n) is 1.66. The molecule has 0 amide bonds. The second-order valence-corrected chi connectivity index (χ2v) is 3.43. The summed E-state index contributed by atoms with van der Waals surface area (Å²) in [5, 5.41) is 8.88. The van der Waals surface area contributed by atoms with Crippen LogP contribution in [0.25, 0.3) is 0 Å². The fraction of sp³-hybridized carbons (Fsp3) is 0.200. The van der Waals surface area contributed by atoms with Gasteiger partial charge >= 0.3 is 0 Å². The molecule has 1 N–H and O–H groups in total. The van der Waals surface area contributed by atoms with E-state index in [0.717, 1.165) is 22.0 Å². The number of allylic oxidation sites excluding steroid dienone is 1. The van der Waals surface area contributed by atoms with Crippen LogP contribution in [0.3, 0.4) is 0 Å². The number of benzene rings is 1. The zero-order valence-electron chi connectivity index (χ0n) is 6.76. The molecule has 0 heterocycles. The molecule has 1 aromatic carbocycles. The van der Waals surface area contributed by atoms with Crippen LogP contribution in [0.15, 0.2) is 35.3 Å². The van der Waals surface area contributed by atoms with Crippen molar-refractivity contribution in [3.63, 3.8) is 0 Å². The topological polar surface area (TPSA) is 20.2 Å². The lowest BCUT2D eigenvalue weighted by Gasteiger charge is -2.03. The number of aliphatic hydroxyl groups is 1. The summed E-state index contributed by atoms with van der Waals surface area (Å²) < 4.78 is 1.07. The largest absolute Gasteiger partial charge is 0.392 e. The molecule has 0 bridgehead atoms. The van der Waals surface area contributed by atoms with E-state index in [0.29, 0.717) is 0 Å². The van der Waals surface area contributed by atoms with Crippen molar-refractivity contribution in [1.29, 1.82) is 0 Å². The monoisotopic (exact) mass is 226 g/mol. The van der Waals surface area contributed by atoms with E-state index in [1.807, 2.05) is 24.3 Å². The highest BCUT2D eigenvalue weighted by atomic mass is 79.9. The minimum Gasteiger partial charge on any atom is -0.392 e. The Morgan fingerprint density at radius 3 is 2.83 bits per heavy atom. The summed E-state index contributed by atoms with van der Waals surface area (Å²) >= 11 is 3.43. The van der Waals surface area contributed by atoms with Gasteiger partial charge < -0.3 is 5.11 Å². The molecule has 0 saturated carbocycles. The van der Waals surface area contributed by atoms with Crippen molar-refractivity contribution < 1.29 is 5.11 Å². The van der Waals surface area contributed by atoms with E-state index in [1.54, 1.807) is 0 Å². The third-order valence-corrected chi connectivity index (χ3v) is 2.43. The SMILES string of the molecule is C=CCc1cc(CO)ccc1Br. The fourth-order valence-electron chi connectivity index (χ4n) is 1.04. The van der Waals surface area contributed by atoms with Crippen molar-refractivity contribution >= 4 is 15.9 Å². The van der Waals surface area contributed by atoms with Crippen LogP contribution >= 0.6 is 15.9 Å². The van der Waals surface area contributed by atoms with Gasteiger partial charge in [-0.2, -0.15) is 0 Å². The van der Waals surface area contributed by atoms with Gasteiger partial charge in [-0.1, -0.05) is 34.1 Å². The van der Waals surface area contributed by atoms with Gasteiger partial charge in [0, 0.05) is 4.47 Å². The van der Waals surface area contributed by atoms with Crippen molar-refractivity contribution in [2.45, 2.75) is 13.0 Å². The molecule has 0 aliphatic heterocycles. The van der Waals surface area contributed by atoms with Gasteiger partial charge in [-0.05, 0) is 23.6 Å². The first kappa shape index (κ1) is 9.49. The van der Waals surface area contributed by atoms with E-state index in [2.05, 4.69) is 22.5 Å². The highest BCUT2D eigenvalue weighted by molar-refractivity contribution is 9.10. The van der Waals surface area contributed by atoms with Crippen LogP contribution in [0.5, 0.6) is 0 Å². The second kappa shape index (κ2) is 4.43. The summed E-state index contributed by atoms with van der Waals surface area (Å²) in [6, 6.07) is 5.83. The molecule has 64 valence electrons. The Morgan fingerprint density at radius 2 is 2.25 bits per heavy atom. The average molecular weight is 227 g/mol. The summed E-state index contributed by atoms with van der Waals surface area (Å²) in [5.74, 6) is 0. The van der Waals surface area contributed by atoms with Crippen molar-refractivity contribution in [3.8, 4) is 0 Å². The van der Waals surface area contributed by atoms with Gasteiger partial charge in [-0.15, -0.1) is 6.58 Å². The molecular formula is C10H11BrO. The molecule has 0 spiro atoms. The van der Waals surface area contributed by atoms with Gasteiger partial charge in [0.05, 0.1) is 6.61 Å². The predicted molar refractivity (Wildman–Crippen MR) is 54.0 cm³/mol. The van der Waals surface area contributed by atoms with Crippen LogP contribution in [-0.4, -0.2) is 5.11 Å². The van der Waals surface area contributed by atoms with E-state index in [9.17, 15) is 0 Å². The first-order valence-corrected chi connectivity index (χ1v) is 4.56. The molecule has 0 saturated heterocycles. The smallest absolute Gasteiger partial charge is 0.0681 e. The van der Waals surface area contributed by atoms with Gasteiger partial charge in [-0.25, -0.2) is 0 Å². The number of rotatable bonds is 3. The molecule has 0 unspecified atom stereocenters. The zero-order chi connectivity index (χ0) is 8.97. The van der Waals surface area contributed by atoms with Crippen LogP contribution < -0.4 is 0 Å². The average Bonchev–Trinajstić information content (AvgIpc) is 2.09. The Bertz CT molecular complexity index is 281.